The number of nitrogen functional groups attached to an aromatic ring is 1. The predicted octanol–water partition coefficient (Wildman–Crippen LogP) is 0.0610. The fourth-order valence-corrected chi connectivity index (χ4v) is 0.935. The Balaban J connectivity index is 3.36. The molecule has 0 spiro atoms. The summed E-state index contributed by atoms with van der Waals surface area (Å²) in [5, 5.41) is 19.7. The minimum Gasteiger partial charge on any atom is -0.505 e. The van der Waals surface area contributed by atoms with Gasteiger partial charge >= 0.3 is 6.09 Å². The van der Waals surface area contributed by atoms with E-state index in [0.29, 0.717) is 0 Å². The number of pyridine rings is 1. The first-order valence-corrected chi connectivity index (χ1v) is 3.64. The lowest BCUT2D eigenvalue weighted by molar-refractivity contribution is 0.209. The molecule has 14 heavy (non-hydrogen) atoms. The molecule has 0 aliphatic carbocycles. The van der Waals surface area contributed by atoms with E-state index in [1.165, 1.54) is 6.92 Å². The number of aromatic hydroxyl groups is 1. The number of H-pyrrole nitrogens is 1. The monoisotopic (exact) mass is 199 g/mol. The highest BCUT2D eigenvalue weighted by atomic mass is 16.4. The number of nitrogens with one attached hydrogen (secondary N) is 2. The lowest BCUT2D eigenvalue weighted by atomic mass is 10.2. The Morgan fingerprint density at radius 2 is 2.14 bits per heavy atom. The minimum absolute atomic E-state index is 0.00273. The van der Waals surface area contributed by atoms with Gasteiger partial charge in [-0.2, -0.15) is 0 Å². The van der Waals surface area contributed by atoms with Gasteiger partial charge in [0.05, 0.1) is 5.56 Å². The molecular formula is C7H9N3O4. The molecule has 76 valence electrons. The summed E-state index contributed by atoms with van der Waals surface area (Å²) < 4.78 is 0. The van der Waals surface area contributed by atoms with E-state index in [0.717, 1.165) is 0 Å². The molecule has 1 aromatic rings. The molecule has 0 aliphatic heterocycles. The van der Waals surface area contributed by atoms with Gasteiger partial charge in [-0.3, -0.25) is 10.1 Å². The number of hydrogen-bond donors (Lipinski definition) is 5. The third kappa shape index (κ3) is 1.60. The summed E-state index contributed by atoms with van der Waals surface area (Å²) in [7, 11) is 0. The Hall–Kier alpha value is -2.18. The molecule has 0 aromatic carbocycles. The van der Waals surface area contributed by atoms with Gasteiger partial charge < -0.3 is 20.9 Å². The van der Waals surface area contributed by atoms with Crippen molar-refractivity contribution in [1.29, 1.82) is 0 Å². The van der Waals surface area contributed by atoms with Crippen molar-refractivity contribution in [3.8, 4) is 5.75 Å². The fourth-order valence-electron chi connectivity index (χ4n) is 0.935. The highest BCUT2D eigenvalue weighted by Crippen LogP contribution is 2.28. The summed E-state index contributed by atoms with van der Waals surface area (Å²) in [6.07, 6.45) is -1.38. The van der Waals surface area contributed by atoms with Crippen LogP contribution in [0.5, 0.6) is 5.75 Å². The third-order valence-electron chi connectivity index (χ3n) is 1.68. The highest BCUT2D eigenvalue weighted by molar-refractivity contribution is 5.89. The molecule has 0 unspecified atom stereocenters. The first-order valence-electron chi connectivity index (χ1n) is 3.64. The second-order valence-electron chi connectivity index (χ2n) is 2.65. The van der Waals surface area contributed by atoms with Crippen LogP contribution >= 0.6 is 0 Å². The number of aromatic amines is 1. The van der Waals surface area contributed by atoms with Crippen molar-refractivity contribution in [3.63, 3.8) is 0 Å². The first-order chi connectivity index (χ1) is 6.43. The van der Waals surface area contributed by atoms with Crippen LogP contribution in [-0.2, 0) is 0 Å². The number of carbonyl (C=O) groups is 1. The van der Waals surface area contributed by atoms with Crippen molar-refractivity contribution >= 4 is 17.6 Å². The van der Waals surface area contributed by atoms with Crippen LogP contribution in [0.25, 0.3) is 0 Å². The molecule has 1 amide bonds. The Morgan fingerprint density at radius 3 is 2.64 bits per heavy atom. The second-order valence-corrected chi connectivity index (χ2v) is 2.65. The SMILES string of the molecule is Cc1c(O)c(NC(=O)O)c(N)[nH]c1=O. The standard InChI is InChI=1S/C7H9N3O4/c1-2-4(11)3(9-7(13)14)5(8)10-6(2)12/h9H,1H3,(H,13,14)(H4,8,10,11,12). The second kappa shape index (κ2) is 3.29. The quantitative estimate of drug-likeness (QED) is 0.436. The Morgan fingerprint density at radius 1 is 1.57 bits per heavy atom. The van der Waals surface area contributed by atoms with E-state index < -0.39 is 17.4 Å². The van der Waals surface area contributed by atoms with Gasteiger partial charge in [0.15, 0.2) is 5.75 Å². The number of carboxylic acid groups (broad SMARTS) is 1. The normalized spacial score (nSPS) is 9.79. The van der Waals surface area contributed by atoms with E-state index in [1.807, 2.05) is 5.32 Å². The number of anilines is 2. The van der Waals surface area contributed by atoms with Crippen LogP contribution in [0.2, 0.25) is 0 Å². The Bertz CT molecular complexity index is 437. The van der Waals surface area contributed by atoms with E-state index in [-0.39, 0.29) is 17.1 Å². The van der Waals surface area contributed by atoms with Crippen molar-refractivity contribution in [2.75, 3.05) is 11.1 Å². The number of hydrogen-bond acceptors (Lipinski definition) is 4. The summed E-state index contributed by atoms with van der Waals surface area (Å²) in [6.45, 7) is 1.35. The highest BCUT2D eigenvalue weighted by Gasteiger charge is 2.13. The van der Waals surface area contributed by atoms with Gasteiger partial charge in [-0.05, 0) is 6.92 Å². The number of aromatic nitrogens is 1. The predicted molar refractivity (Wildman–Crippen MR) is 49.5 cm³/mol. The van der Waals surface area contributed by atoms with E-state index >= 15 is 0 Å². The Kier molecular flexibility index (Phi) is 2.32. The Labute approximate surface area is 78.2 Å². The van der Waals surface area contributed by atoms with Crippen molar-refractivity contribution in [1.82, 2.24) is 4.98 Å². The smallest absolute Gasteiger partial charge is 0.409 e. The number of rotatable bonds is 1. The van der Waals surface area contributed by atoms with E-state index in [1.54, 1.807) is 0 Å². The zero-order chi connectivity index (χ0) is 10.9. The molecule has 1 heterocycles. The molecule has 0 radical (unpaired) electrons. The van der Waals surface area contributed by atoms with Crippen LogP contribution in [0.15, 0.2) is 4.79 Å². The molecule has 1 rings (SSSR count). The summed E-state index contributed by atoms with van der Waals surface area (Å²) >= 11 is 0. The van der Waals surface area contributed by atoms with Crippen molar-refractivity contribution in [2.45, 2.75) is 6.92 Å². The van der Waals surface area contributed by atoms with Crippen LogP contribution < -0.4 is 16.6 Å². The van der Waals surface area contributed by atoms with Gasteiger partial charge in [-0.25, -0.2) is 4.79 Å². The average Bonchev–Trinajstić information content (AvgIpc) is 2.09. The van der Waals surface area contributed by atoms with Gasteiger partial charge in [-0.1, -0.05) is 0 Å². The molecule has 0 bridgehead atoms. The molecular weight excluding hydrogens is 190 g/mol. The average molecular weight is 199 g/mol. The topological polar surface area (TPSA) is 128 Å². The van der Waals surface area contributed by atoms with Crippen LogP contribution in [0.1, 0.15) is 5.56 Å². The van der Waals surface area contributed by atoms with Crippen molar-refractivity contribution in [3.05, 3.63) is 15.9 Å². The van der Waals surface area contributed by atoms with E-state index in [4.69, 9.17) is 10.8 Å². The molecule has 7 heteroatoms. The number of amides is 1. The molecule has 0 saturated heterocycles. The van der Waals surface area contributed by atoms with Crippen LogP contribution in [-0.4, -0.2) is 21.3 Å². The molecule has 0 aliphatic rings. The first kappa shape index (κ1) is 9.90. The summed E-state index contributed by atoms with van der Waals surface area (Å²) in [5.74, 6) is -0.686. The van der Waals surface area contributed by atoms with E-state index in [9.17, 15) is 14.7 Å². The number of nitrogens with two attached hydrogens (primary N) is 1. The van der Waals surface area contributed by atoms with Crippen LogP contribution in [0.4, 0.5) is 16.3 Å². The minimum atomic E-state index is -1.38. The zero-order valence-corrected chi connectivity index (χ0v) is 7.29. The summed E-state index contributed by atoms with van der Waals surface area (Å²) in [5.41, 5.74) is 4.53. The maximum absolute atomic E-state index is 11.0. The summed E-state index contributed by atoms with van der Waals surface area (Å²) in [4.78, 5) is 23.5. The lowest BCUT2D eigenvalue weighted by Crippen LogP contribution is -2.17. The largest absolute Gasteiger partial charge is 0.505 e. The summed E-state index contributed by atoms with van der Waals surface area (Å²) in [6, 6.07) is 0. The molecule has 0 atom stereocenters. The van der Waals surface area contributed by atoms with Crippen molar-refractivity contribution in [2.24, 2.45) is 0 Å². The fraction of sp³-hybridized carbons (Fsp3) is 0.143. The van der Waals surface area contributed by atoms with E-state index in [2.05, 4.69) is 4.98 Å². The third-order valence-corrected chi connectivity index (χ3v) is 1.68. The van der Waals surface area contributed by atoms with Crippen LogP contribution in [0.3, 0.4) is 0 Å². The molecule has 6 N–H and O–H groups in total. The van der Waals surface area contributed by atoms with Gasteiger partial charge in [0, 0.05) is 0 Å². The van der Waals surface area contributed by atoms with Gasteiger partial charge in [0.1, 0.15) is 11.5 Å². The molecule has 7 nitrogen and oxygen atoms in total. The molecule has 0 saturated carbocycles. The van der Waals surface area contributed by atoms with Gasteiger partial charge in [-0.15, -0.1) is 0 Å². The zero-order valence-electron chi connectivity index (χ0n) is 7.29. The van der Waals surface area contributed by atoms with Crippen molar-refractivity contribution < 1.29 is 15.0 Å². The maximum atomic E-state index is 11.0. The van der Waals surface area contributed by atoms with Gasteiger partial charge in [0.25, 0.3) is 5.56 Å². The van der Waals surface area contributed by atoms with Crippen LogP contribution in [0, 0.1) is 6.92 Å². The van der Waals surface area contributed by atoms with Gasteiger partial charge in [0.2, 0.25) is 0 Å². The molecule has 0 fully saturated rings. The maximum Gasteiger partial charge on any atom is 0.409 e. The molecule has 1 aromatic heterocycles. The lowest BCUT2D eigenvalue weighted by Gasteiger charge is -2.08.